The smallest absolute Gasteiger partial charge is 0.251 e. The standard InChI is InChI=1S/C18H23N5O/c1-2-23-9-3-4-15(23)10-22-18(24)14-7-5-13(6-8-14)16-11-21-17(19)12-20-16/h5-8,11-12,15H,2-4,9-10H2,1H3,(H2,19,21)(H,22,24)/t15-/m0/s1. The summed E-state index contributed by atoms with van der Waals surface area (Å²) in [6, 6.07) is 7.85. The number of hydrogen-bond donors (Lipinski definition) is 2. The predicted octanol–water partition coefficient (Wildman–Crippen LogP) is 1.94. The summed E-state index contributed by atoms with van der Waals surface area (Å²) >= 11 is 0. The van der Waals surface area contributed by atoms with Crippen LogP contribution < -0.4 is 11.1 Å². The van der Waals surface area contributed by atoms with Gasteiger partial charge in [0.15, 0.2) is 0 Å². The van der Waals surface area contributed by atoms with E-state index in [4.69, 9.17) is 5.73 Å². The number of hydrogen-bond acceptors (Lipinski definition) is 5. The van der Waals surface area contributed by atoms with Gasteiger partial charge < -0.3 is 11.1 Å². The van der Waals surface area contributed by atoms with E-state index in [0.29, 0.717) is 24.0 Å². The first-order chi connectivity index (χ1) is 11.7. The van der Waals surface area contributed by atoms with Crippen LogP contribution in [0.1, 0.15) is 30.1 Å². The van der Waals surface area contributed by atoms with Crippen LogP contribution in [0.25, 0.3) is 11.3 Å². The van der Waals surface area contributed by atoms with Gasteiger partial charge in [0.25, 0.3) is 5.91 Å². The fourth-order valence-corrected chi connectivity index (χ4v) is 3.13. The fourth-order valence-electron chi connectivity index (χ4n) is 3.13. The molecule has 6 heteroatoms. The molecular weight excluding hydrogens is 302 g/mol. The molecule has 24 heavy (non-hydrogen) atoms. The maximum Gasteiger partial charge on any atom is 0.251 e. The van der Waals surface area contributed by atoms with Gasteiger partial charge in [0.05, 0.1) is 18.1 Å². The zero-order valence-corrected chi connectivity index (χ0v) is 13.9. The fraction of sp³-hybridized carbons (Fsp3) is 0.389. The molecule has 1 aromatic carbocycles. The second-order valence-electron chi connectivity index (χ2n) is 6.04. The highest BCUT2D eigenvalue weighted by molar-refractivity contribution is 5.94. The molecule has 0 aliphatic carbocycles. The van der Waals surface area contributed by atoms with E-state index in [2.05, 4.69) is 27.1 Å². The van der Waals surface area contributed by atoms with Crippen LogP contribution in [-0.2, 0) is 0 Å². The van der Waals surface area contributed by atoms with Crippen LogP contribution in [0.15, 0.2) is 36.7 Å². The van der Waals surface area contributed by atoms with Gasteiger partial charge in [0, 0.05) is 23.7 Å². The topological polar surface area (TPSA) is 84.1 Å². The minimum atomic E-state index is -0.0344. The summed E-state index contributed by atoms with van der Waals surface area (Å²) in [6.45, 7) is 5.04. The number of benzene rings is 1. The molecule has 2 heterocycles. The SMILES string of the molecule is CCN1CCC[C@H]1CNC(=O)c1ccc(-c2cnc(N)cn2)cc1. The van der Waals surface area contributed by atoms with E-state index in [-0.39, 0.29) is 5.91 Å². The van der Waals surface area contributed by atoms with Gasteiger partial charge in [-0.1, -0.05) is 19.1 Å². The maximum atomic E-state index is 12.3. The minimum Gasteiger partial charge on any atom is -0.382 e. The van der Waals surface area contributed by atoms with Gasteiger partial charge in [-0.3, -0.25) is 14.7 Å². The van der Waals surface area contributed by atoms with Gasteiger partial charge in [-0.25, -0.2) is 4.98 Å². The number of aromatic nitrogens is 2. The van der Waals surface area contributed by atoms with Gasteiger partial charge in [-0.15, -0.1) is 0 Å². The van der Waals surface area contributed by atoms with Crippen LogP contribution in [0, 0.1) is 0 Å². The van der Waals surface area contributed by atoms with Gasteiger partial charge in [0.2, 0.25) is 0 Å². The van der Waals surface area contributed by atoms with E-state index in [0.717, 1.165) is 30.8 Å². The molecule has 0 saturated carbocycles. The third-order valence-electron chi connectivity index (χ3n) is 4.52. The summed E-state index contributed by atoms with van der Waals surface area (Å²) in [5.74, 6) is 0.357. The molecule has 0 bridgehead atoms. The highest BCUT2D eigenvalue weighted by Gasteiger charge is 2.23. The second kappa shape index (κ2) is 7.40. The molecule has 2 aromatic rings. The second-order valence-corrected chi connectivity index (χ2v) is 6.04. The van der Waals surface area contributed by atoms with Crippen molar-refractivity contribution in [2.24, 2.45) is 0 Å². The summed E-state index contributed by atoms with van der Waals surface area (Å²) < 4.78 is 0. The highest BCUT2D eigenvalue weighted by Crippen LogP contribution is 2.18. The monoisotopic (exact) mass is 325 g/mol. The quantitative estimate of drug-likeness (QED) is 0.877. The van der Waals surface area contributed by atoms with Gasteiger partial charge in [-0.05, 0) is 38.1 Å². The van der Waals surface area contributed by atoms with Crippen LogP contribution >= 0.6 is 0 Å². The number of amides is 1. The molecule has 1 atom stereocenters. The number of likely N-dealkylation sites (tertiary alicyclic amines) is 1. The Morgan fingerprint density at radius 1 is 1.29 bits per heavy atom. The predicted molar refractivity (Wildman–Crippen MR) is 94.5 cm³/mol. The first-order valence-corrected chi connectivity index (χ1v) is 8.37. The van der Waals surface area contributed by atoms with Gasteiger partial charge in [-0.2, -0.15) is 0 Å². The van der Waals surface area contributed by atoms with E-state index >= 15 is 0 Å². The molecule has 0 unspecified atom stereocenters. The first-order valence-electron chi connectivity index (χ1n) is 8.37. The minimum absolute atomic E-state index is 0.0344. The zero-order valence-electron chi connectivity index (χ0n) is 13.9. The highest BCUT2D eigenvalue weighted by atomic mass is 16.1. The average Bonchev–Trinajstić information content (AvgIpc) is 3.08. The first kappa shape index (κ1) is 16.4. The Labute approximate surface area is 142 Å². The number of nitrogens with one attached hydrogen (secondary N) is 1. The molecule has 1 amide bonds. The van der Waals surface area contributed by atoms with E-state index in [9.17, 15) is 4.79 Å². The lowest BCUT2D eigenvalue weighted by Gasteiger charge is -2.22. The molecule has 0 spiro atoms. The van der Waals surface area contributed by atoms with Gasteiger partial charge >= 0.3 is 0 Å². The normalized spacial score (nSPS) is 17.8. The van der Waals surface area contributed by atoms with E-state index < -0.39 is 0 Å². The Balaban J connectivity index is 1.60. The van der Waals surface area contributed by atoms with Crippen LogP contribution in [0.4, 0.5) is 5.82 Å². The molecule has 1 aromatic heterocycles. The largest absolute Gasteiger partial charge is 0.382 e. The Bertz CT molecular complexity index is 684. The number of likely N-dealkylation sites (N-methyl/N-ethyl adjacent to an activating group) is 1. The van der Waals surface area contributed by atoms with Crippen molar-refractivity contribution in [2.45, 2.75) is 25.8 Å². The van der Waals surface area contributed by atoms with E-state index in [1.807, 2.05) is 24.3 Å². The van der Waals surface area contributed by atoms with Crippen molar-refractivity contribution >= 4 is 11.7 Å². The summed E-state index contributed by atoms with van der Waals surface area (Å²) in [5.41, 5.74) is 7.85. The molecule has 3 N–H and O–H groups in total. The maximum absolute atomic E-state index is 12.3. The summed E-state index contributed by atoms with van der Waals surface area (Å²) in [7, 11) is 0. The molecule has 1 saturated heterocycles. The van der Waals surface area contributed by atoms with Crippen molar-refractivity contribution in [3.63, 3.8) is 0 Å². The van der Waals surface area contributed by atoms with E-state index in [1.165, 1.54) is 12.6 Å². The molecule has 1 aliphatic rings. The molecule has 1 aliphatic heterocycles. The molecular formula is C18H23N5O. The van der Waals surface area contributed by atoms with Crippen molar-refractivity contribution in [1.29, 1.82) is 0 Å². The molecule has 6 nitrogen and oxygen atoms in total. The molecule has 0 radical (unpaired) electrons. The number of rotatable bonds is 5. The van der Waals surface area contributed by atoms with E-state index in [1.54, 1.807) is 6.20 Å². The Hall–Kier alpha value is -2.47. The lowest BCUT2D eigenvalue weighted by atomic mass is 10.1. The zero-order chi connectivity index (χ0) is 16.9. The van der Waals surface area contributed by atoms with Crippen LogP contribution in [0.5, 0.6) is 0 Å². The van der Waals surface area contributed by atoms with Crippen molar-refractivity contribution in [3.8, 4) is 11.3 Å². The van der Waals surface area contributed by atoms with Crippen molar-refractivity contribution in [1.82, 2.24) is 20.2 Å². The summed E-state index contributed by atoms with van der Waals surface area (Å²) in [6.07, 6.45) is 5.52. The van der Waals surface area contributed by atoms with Crippen molar-refractivity contribution in [3.05, 3.63) is 42.2 Å². The van der Waals surface area contributed by atoms with Crippen LogP contribution in [0.2, 0.25) is 0 Å². The lowest BCUT2D eigenvalue weighted by Crippen LogP contribution is -2.40. The number of nitrogens with two attached hydrogens (primary N) is 1. The van der Waals surface area contributed by atoms with Crippen molar-refractivity contribution in [2.75, 3.05) is 25.4 Å². The molecule has 3 rings (SSSR count). The average molecular weight is 325 g/mol. The number of anilines is 1. The van der Waals surface area contributed by atoms with Crippen LogP contribution in [0.3, 0.4) is 0 Å². The van der Waals surface area contributed by atoms with Crippen molar-refractivity contribution < 1.29 is 4.79 Å². The van der Waals surface area contributed by atoms with Crippen LogP contribution in [-0.4, -0.2) is 46.5 Å². The Morgan fingerprint density at radius 3 is 2.75 bits per heavy atom. The van der Waals surface area contributed by atoms with Gasteiger partial charge in [0.1, 0.15) is 5.82 Å². The Morgan fingerprint density at radius 2 is 2.08 bits per heavy atom. The lowest BCUT2D eigenvalue weighted by molar-refractivity contribution is 0.0941. The molecule has 1 fully saturated rings. The number of nitrogens with zero attached hydrogens (tertiary/aromatic N) is 3. The summed E-state index contributed by atoms with van der Waals surface area (Å²) in [4.78, 5) is 23.0. The molecule has 126 valence electrons. The third-order valence-corrected chi connectivity index (χ3v) is 4.52. The Kier molecular flexibility index (Phi) is 5.05. The number of carbonyl (C=O) groups excluding carboxylic acids is 1. The number of nitrogen functional groups attached to an aromatic ring is 1. The third kappa shape index (κ3) is 3.71. The summed E-state index contributed by atoms with van der Waals surface area (Å²) in [5, 5.41) is 3.05. The number of carbonyl (C=O) groups is 1.